The van der Waals surface area contributed by atoms with Crippen molar-refractivity contribution in [2.45, 2.75) is 32.8 Å². The van der Waals surface area contributed by atoms with Crippen LogP contribution in [-0.2, 0) is 4.74 Å². The van der Waals surface area contributed by atoms with Crippen molar-refractivity contribution in [3.05, 3.63) is 23.8 Å². The molecule has 0 aliphatic carbocycles. The predicted molar refractivity (Wildman–Crippen MR) is 72.8 cm³/mol. The lowest BCUT2D eigenvalue weighted by Crippen LogP contribution is -2.23. The van der Waals surface area contributed by atoms with Gasteiger partial charge in [0.2, 0.25) is 0 Å². The molecular formula is C14H23NO3. The maximum atomic E-state index is 9.68. The summed E-state index contributed by atoms with van der Waals surface area (Å²) < 4.78 is 10.8. The molecule has 4 nitrogen and oxygen atoms in total. The Labute approximate surface area is 109 Å². The number of rotatable bonds is 8. The second-order valence-corrected chi connectivity index (χ2v) is 4.42. The number of benzene rings is 1. The third-order valence-corrected chi connectivity index (χ3v) is 2.58. The van der Waals surface area contributed by atoms with Gasteiger partial charge in [0, 0.05) is 12.3 Å². The van der Waals surface area contributed by atoms with Crippen LogP contribution in [0.5, 0.6) is 5.75 Å². The number of ether oxygens (including phenoxy) is 2. The van der Waals surface area contributed by atoms with E-state index in [-0.39, 0.29) is 6.61 Å². The van der Waals surface area contributed by atoms with Gasteiger partial charge in [-0.1, -0.05) is 13.3 Å². The molecule has 0 aliphatic rings. The molecule has 0 saturated carbocycles. The fraction of sp³-hybridized carbons (Fsp3) is 0.571. The molecule has 1 unspecified atom stereocenters. The average Bonchev–Trinajstić information content (AvgIpc) is 2.33. The molecule has 0 bridgehead atoms. The fourth-order valence-electron chi connectivity index (χ4n) is 1.53. The van der Waals surface area contributed by atoms with Gasteiger partial charge in [-0.15, -0.1) is 0 Å². The molecule has 4 heteroatoms. The van der Waals surface area contributed by atoms with Crippen LogP contribution >= 0.6 is 0 Å². The topological polar surface area (TPSA) is 64.7 Å². The van der Waals surface area contributed by atoms with Crippen molar-refractivity contribution in [1.82, 2.24) is 0 Å². The van der Waals surface area contributed by atoms with Gasteiger partial charge < -0.3 is 20.3 Å². The lowest BCUT2D eigenvalue weighted by molar-refractivity contribution is 0.0112. The van der Waals surface area contributed by atoms with Crippen molar-refractivity contribution in [3.63, 3.8) is 0 Å². The van der Waals surface area contributed by atoms with E-state index >= 15 is 0 Å². The van der Waals surface area contributed by atoms with Gasteiger partial charge in [-0.05, 0) is 37.1 Å². The van der Waals surface area contributed by atoms with Gasteiger partial charge in [-0.2, -0.15) is 0 Å². The minimum absolute atomic E-state index is 0.233. The molecule has 0 radical (unpaired) electrons. The Morgan fingerprint density at radius 3 is 2.78 bits per heavy atom. The van der Waals surface area contributed by atoms with E-state index in [0.29, 0.717) is 18.9 Å². The van der Waals surface area contributed by atoms with Crippen molar-refractivity contribution in [2.24, 2.45) is 0 Å². The Morgan fingerprint density at radius 1 is 1.33 bits per heavy atom. The summed E-state index contributed by atoms with van der Waals surface area (Å²) in [5, 5.41) is 9.68. The highest BCUT2D eigenvalue weighted by molar-refractivity contribution is 5.47. The van der Waals surface area contributed by atoms with E-state index in [9.17, 15) is 5.11 Å². The van der Waals surface area contributed by atoms with E-state index in [2.05, 4.69) is 6.92 Å². The van der Waals surface area contributed by atoms with E-state index in [1.807, 2.05) is 19.1 Å². The number of unbranched alkanes of at least 4 members (excludes halogenated alkanes) is 1. The van der Waals surface area contributed by atoms with Crippen LogP contribution in [0.1, 0.15) is 25.3 Å². The summed E-state index contributed by atoms with van der Waals surface area (Å²) >= 11 is 0. The summed E-state index contributed by atoms with van der Waals surface area (Å²) in [6.45, 7) is 5.27. The van der Waals surface area contributed by atoms with Crippen LogP contribution < -0.4 is 10.5 Å². The third-order valence-electron chi connectivity index (χ3n) is 2.58. The molecular weight excluding hydrogens is 230 g/mol. The van der Waals surface area contributed by atoms with Crippen LogP contribution in [0.15, 0.2) is 18.2 Å². The van der Waals surface area contributed by atoms with E-state index in [1.165, 1.54) is 0 Å². The first-order valence-electron chi connectivity index (χ1n) is 6.38. The second kappa shape index (κ2) is 7.95. The zero-order valence-corrected chi connectivity index (χ0v) is 11.2. The number of nitrogen functional groups attached to an aromatic ring is 1. The molecule has 1 rings (SSSR count). The molecule has 0 spiro atoms. The number of hydrogen-bond donors (Lipinski definition) is 2. The minimum atomic E-state index is -0.598. The van der Waals surface area contributed by atoms with Crippen molar-refractivity contribution >= 4 is 5.69 Å². The molecule has 0 amide bonds. The highest BCUT2D eigenvalue weighted by Crippen LogP contribution is 2.20. The molecule has 1 aromatic rings. The average molecular weight is 253 g/mol. The predicted octanol–water partition coefficient (Wildman–Crippen LogP) is 2.13. The van der Waals surface area contributed by atoms with Gasteiger partial charge in [0.25, 0.3) is 0 Å². The summed E-state index contributed by atoms with van der Waals surface area (Å²) in [6, 6.07) is 5.45. The molecule has 0 aromatic heterocycles. The van der Waals surface area contributed by atoms with Crippen LogP contribution in [0.3, 0.4) is 0 Å². The summed E-state index contributed by atoms with van der Waals surface area (Å²) in [5.41, 5.74) is 7.33. The summed E-state index contributed by atoms with van der Waals surface area (Å²) in [7, 11) is 0. The van der Waals surface area contributed by atoms with Crippen LogP contribution in [0.2, 0.25) is 0 Å². The van der Waals surface area contributed by atoms with Gasteiger partial charge in [0.15, 0.2) is 0 Å². The fourth-order valence-corrected chi connectivity index (χ4v) is 1.53. The number of aliphatic hydroxyl groups is 1. The standard InChI is InChI=1S/C14H23NO3/c1-3-4-7-17-9-13(16)10-18-14-6-5-12(15)8-11(14)2/h5-6,8,13,16H,3-4,7,9-10,15H2,1-2H3. The van der Waals surface area contributed by atoms with Gasteiger partial charge in [-0.25, -0.2) is 0 Å². The Balaban J connectivity index is 2.27. The maximum Gasteiger partial charge on any atom is 0.122 e. The van der Waals surface area contributed by atoms with Crippen LogP contribution in [0.25, 0.3) is 0 Å². The van der Waals surface area contributed by atoms with E-state index < -0.39 is 6.10 Å². The molecule has 0 fully saturated rings. The second-order valence-electron chi connectivity index (χ2n) is 4.42. The zero-order valence-electron chi connectivity index (χ0n) is 11.2. The monoisotopic (exact) mass is 253 g/mol. The first-order valence-corrected chi connectivity index (χ1v) is 6.38. The highest BCUT2D eigenvalue weighted by Gasteiger charge is 2.07. The first kappa shape index (κ1) is 14.8. The Morgan fingerprint density at radius 2 is 2.11 bits per heavy atom. The van der Waals surface area contributed by atoms with Crippen molar-refractivity contribution in [1.29, 1.82) is 0 Å². The molecule has 18 heavy (non-hydrogen) atoms. The summed E-state index contributed by atoms with van der Waals surface area (Å²) in [4.78, 5) is 0. The molecule has 3 N–H and O–H groups in total. The maximum absolute atomic E-state index is 9.68. The van der Waals surface area contributed by atoms with Gasteiger partial charge in [-0.3, -0.25) is 0 Å². The van der Waals surface area contributed by atoms with E-state index in [0.717, 1.165) is 24.2 Å². The number of aryl methyl sites for hydroxylation is 1. The Kier molecular flexibility index (Phi) is 6.54. The van der Waals surface area contributed by atoms with Gasteiger partial charge in [0.1, 0.15) is 18.5 Å². The molecule has 0 aliphatic heterocycles. The van der Waals surface area contributed by atoms with Crippen LogP contribution in [-0.4, -0.2) is 31.0 Å². The SMILES string of the molecule is CCCCOCC(O)COc1ccc(N)cc1C. The minimum Gasteiger partial charge on any atom is -0.491 e. The van der Waals surface area contributed by atoms with Crippen molar-refractivity contribution < 1.29 is 14.6 Å². The van der Waals surface area contributed by atoms with Crippen molar-refractivity contribution in [3.8, 4) is 5.75 Å². The van der Waals surface area contributed by atoms with E-state index in [4.69, 9.17) is 15.2 Å². The molecule has 102 valence electrons. The summed E-state index contributed by atoms with van der Waals surface area (Å²) in [5.74, 6) is 0.747. The lowest BCUT2D eigenvalue weighted by atomic mass is 10.2. The van der Waals surface area contributed by atoms with Crippen molar-refractivity contribution in [2.75, 3.05) is 25.6 Å². The Hall–Kier alpha value is -1.26. The van der Waals surface area contributed by atoms with Crippen LogP contribution in [0.4, 0.5) is 5.69 Å². The smallest absolute Gasteiger partial charge is 0.122 e. The largest absolute Gasteiger partial charge is 0.491 e. The number of hydrogen-bond acceptors (Lipinski definition) is 4. The number of anilines is 1. The van der Waals surface area contributed by atoms with Gasteiger partial charge in [0.05, 0.1) is 6.61 Å². The summed E-state index contributed by atoms with van der Waals surface area (Å²) in [6.07, 6.45) is 1.51. The van der Waals surface area contributed by atoms with E-state index in [1.54, 1.807) is 6.07 Å². The molecule has 0 heterocycles. The third kappa shape index (κ3) is 5.38. The zero-order chi connectivity index (χ0) is 13.4. The lowest BCUT2D eigenvalue weighted by Gasteiger charge is -2.14. The van der Waals surface area contributed by atoms with Gasteiger partial charge >= 0.3 is 0 Å². The Bertz CT molecular complexity index is 355. The molecule has 1 atom stereocenters. The number of aliphatic hydroxyl groups excluding tert-OH is 1. The number of nitrogens with two attached hydrogens (primary N) is 1. The quantitative estimate of drug-likeness (QED) is 0.550. The normalized spacial score (nSPS) is 12.4. The highest BCUT2D eigenvalue weighted by atomic mass is 16.5. The first-order chi connectivity index (χ1) is 8.63. The molecule has 0 saturated heterocycles. The molecule has 1 aromatic carbocycles. The van der Waals surface area contributed by atoms with Crippen LogP contribution in [0, 0.1) is 6.92 Å².